The number of nitrogens with one attached hydrogen (secondary N) is 1. The molecule has 1 aromatic heterocycles. The number of carbonyl (C=O) groups excluding carboxylic acids is 1. The van der Waals surface area contributed by atoms with Crippen molar-refractivity contribution in [3.63, 3.8) is 0 Å². The number of aromatic nitrogens is 3. The molecule has 2 fully saturated rings. The van der Waals surface area contributed by atoms with E-state index in [9.17, 15) is 4.79 Å². The lowest BCUT2D eigenvalue weighted by Crippen LogP contribution is -2.40. The number of hydrogen-bond acceptors (Lipinski definition) is 5. The summed E-state index contributed by atoms with van der Waals surface area (Å²) in [7, 11) is 1.69. The Morgan fingerprint density at radius 3 is 2.56 bits per heavy atom. The van der Waals surface area contributed by atoms with Gasteiger partial charge in [0.1, 0.15) is 5.82 Å². The van der Waals surface area contributed by atoms with Gasteiger partial charge in [0.05, 0.1) is 18.2 Å². The van der Waals surface area contributed by atoms with Gasteiger partial charge < -0.3 is 9.64 Å². The third-order valence-electron chi connectivity index (χ3n) is 8.16. The Hall–Kier alpha value is -3.24. The van der Waals surface area contributed by atoms with Gasteiger partial charge in [0, 0.05) is 37.8 Å². The van der Waals surface area contributed by atoms with Gasteiger partial charge >= 0.3 is 0 Å². The molecule has 7 heteroatoms. The highest BCUT2D eigenvalue weighted by Gasteiger charge is 2.35. The van der Waals surface area contributed by atoms with E-state index >= 15 is 0 Å². The summed E-state index contributed by atoms with van der Waals surface area (Å²) in [5.41, 5.74) is 5.30. The summed E-state index contributed by atoms with van der Waals surface area (Å²) in [5, 5.41) is 16.6. The molecule has 1 saturated heterocycles. The van der Waals surface area contributed by atoms with E-state index in [1.807, 2.05) is 17.0 Å². The van der Waals surface area contributed by atoms with Crippen LogP contribution >= 0.6 is 0 Å². The topological polar surface area (TPSA) is 94.9 Å². The summed E-state index contributed by atoms with van der Waals surface area (Å²) in [4.78, 5) is 20.5. The third-order valence-corrected chi connectivity index (χ3v) is 8.16. The molecule has 2 heterocycles. The Labute approximate surface area is 213 Å². The van der Waals surface area contributed by atoms with Gasteiger partial charge in [-0.2, -0.15) is 10.4 Å². The number of likely N-dealkylation sites (tertiary alicyclic amines) is 1. The second kappa shape index (κ2) is 10.8. The van der Waals surface area contributed by atoms with Crippen LogP contribution in [0, 0.1) is 23.2 Å². The minimum absolute atomic E-state index is 0.154. The molecule has 0 bridgehead atoms. The average Bonchev–Trinajstić information content (AvgIpc) is 3.35. The highest BCUT2D eigenvalue weighted by molar-refractivity contribution is 5.98. The van der Waals surface area contributed by atoms with Crippen LogP contribution in [-0.4, -0.2) is 52.8 Å². The lowest BCUT2D eigenvalue weighted by molar-refractivity contribution is -0.128. The average molecular weight is 486 g/mol. The second-order valence-corrected chi connectivity index (χ2v) is 10.4. The van der Waals surface area contributed by atoms with E-state index in [2.05, 4.69) is 41.4 Å². The quantitative estimate of drug-likeness (QED) is 0.608. The monoisotopic (exact) mass is 485 g/mol. The van der Waals surface area contributed by atoms with Gasteiger partial charge in [-0.15, -0.1) is 0 Å². The first-order chi connectivity index (χ1) is 17.6. The number of methoxy groups -OCH3 is 1. The molecule has 0 spiro atoms. The molecular weight excluding hydrogens is 450 g/mol. The number of amides is 1. The molecule has 1 aliphatic heterocycles. The number of benzene rings is 1. The maximum atomic E-state index is 13.7. The van der Waals surface area contributed by atoms with E-state index in [0.717, 1.165) is 49.3 Å². The van der Waals surface area contributed by atoms with Crippen molar-refractivity contribution in [3.8, 4) is 6.07 Å². The summed E-state index contributed by atoms with van der Waals surface area (Å²) >= 11 is 0. The van der Waals surface area contributed by atoms with E-state index in [0.29, 0.717) is 36.3 Å². The number of nitriles is 1. The molecule has 5 rings (SSSR count). The predicted octanol–water partition coefficient (Wildman–Crippen LogP) is 4.79. The molecule has 1 saturated carbocycles. The molecule has 36 heavy (non-hydrogen) atoms. The molecule has 1 N–H and O–H groups in total. The predicted molar refractivity (Wildman–Crippen MR) is 138 cm³/mol. The van der Waals surface area contributed by atoms with E-state index in [1.165, 1.54) is 30.4 Å². The van der Waals surface area contributed by atoms with Crippen LogP contribution < -0.4 is 0 Å². The van der Waals surface area contributed by atoms with Gasteiger partial charge in [0.25, 0.3) is 0 Å². The number of nitrogens with zero attached hydrogens (tertiary/aromatic N) is 4. The van der Waals surface area contributed by atoms with E-state index in [1.54, 1.807) is 7.11 Å². The molecule has 1 aromatic carbocycles. The summed E-state index contributed by atoms with van der Waals surface area (Å²) < 4.78 is 5.19. The summed E-state index contributed by atoms with van der Waals surface area (Å²) in [6.07, 6.45) is 9.28. The number of hydrogen-bond donors (Lipinski definition) is 1. The highest BCUT2D eigenvalue weighted by Crippen LogP contribution is 2.44. The van der Waals surface area contributed by atoms with Gasteiger partial charge in [0.2, 0.25) is 5.91 Å². The molecule has 3 aliphatic rings. The van der Waals surface area contributed by atoms with Crippen LogP contribution in [0.15, 0.2) is 41.5 Å². The number of H-pyrrole nitrogens is 1. The van der Waals surface area contributed by atoms with Crippen molar-refractivity contribution in [1.82, 2.24) is 20.1 Å². The number of ether oxygens (including phenoxy) is 1. The Balaban J connectivity index is 1.33. The first-order valence-electron chi connectivity index (χ1n) is 13.2. The van der Waals surface area contributed by atoms with Crippen LogP contribution in [0.4, 0.5) is 0 Å². The summed E-state index contributed by atoms with van der Waals surface area (Å²) in [5.74, 6) is 2.89. The van der Waals surface area contributed by atoms with Crippen molar-refractivity contribution in [1.29, 1.82) is 5.26 Å². The molecule has 1 unspecified atom stereocenters. The first kappa shape index (κ1) is 24.5. The zero-order valence-electron chi connectivity index (χ0n) is 21.3. The molecule has 2 aromatic rings. The van der Waals surface area contributed by atoms with Crippen molar-refractivity contribution in [3.05, 3.63) is 64.3 Å². The number of aromatic amines is 1. The van der Waals surface area contributed by atoms with Crippen LogP contribution in [0.2, 0.25) is 0 Å². The molecule has 0 radical (unpaired) electrons. The van der Waals surface area contributed by atoms with Gasteiger partial charge in [0.15, 0.2) is 5.82 Å². The molecule has 1 amide bonds. The van der Waals surface area contributed by atoms with E-state index < -0.39 is 0 Å². The largest absolute Gasteiger partial charge is 0.384 e. The van der Waals surface area contributed by atoms with Crippen LogP contribution in [0.5, 0.6) is 0 Å². The maximum absolute atomic E-state index is 13.7. The number of rotatable bonds is 7. The van der Waals surface area contributed by atoms with Gasteiger partial charge in [-0.1, -0.05) is 31.1 Å². The first-order valence-corrected chi connectivity index (χ1v) is 13.2. The minimum atomic E-state index is 0.154. The SMILES string of the molecule is COCCc1nc(C2=C(C3CCC3)CC(C)C(C(=O)N3CCC(c4ccc(C#N)cc4)CC3)=C2)n[nH]1. The van der Waals surface area contributed by atoms with E-state index in [4.69, 9.17) is 15.0 Å². The van der Waals surface area contributed by atoms with Crippen molar-refractivity contribution >= 4 is 11.5 Å². The Morgan fingerprint density at radius 1 is 1.17 bits per heavy atom. The molecule has 188 valence electrons. The molecule has 7 nitrogen and oxygen atoms in total. The number of allylic oxidation sites excluding steroid dienone is 3. The zero-order chi connectivity index (χ0) is 25.1. The standard InChI is InChI=1S/C29H35N5O2/c1-19-16-25(23-4-3-5-23)26(28-31-27(32-33-28)12-15-36-2)17-24(19)29(35)34-13-10-22(11-14-34)21-8-6-20(18-30)7-9-21/h6-9,17,19,22-23H,3-5,10-16H2,1-2H3,(H,31,32,33). The Kier molecular flexibility index (Phi) is 7.33. The fourth-order valence-corrected chi connectivity index (χ4v) is 5.72. The fourth-order valence-electron chi connectivity index (χ4n) is 5.72. The number of carbonyl (C=O) groups is 1. The van der Waals surface area contributed by atoms with Crippen LogP contribution in [0.3, 0.4) is 0 Å². The Bertz CT molecular complexity index is 1190. The van der Waals surface area contributed by atoms with Crippen molar-refractivity contribution < 1.29 is 9.53 Å². The lowest BCUT2D eigenvalue weighted by Gasteiger charge is -2.37. The smallest absolute Gasteiger partial charge is 0.250 e. The van der Waals surface area contributed by atoms with Crippen molar-refractivity contribution in [2.75, 3.05) is 26.8 Å². The van der Waals surface area contributed by atoms with Gasteiger partial charge in [-0.25, -0.2) is 4.98 Å². The molecule has 2 aliphatic carbocycles. The van der Waals surface area contributed by atoms with Crippen LogP contribution in [-0.2, 0) is 16.0 Å². The molecular formula is C29H35N5O2. The second-order valence-electron chi connectivity index (χ2n) is 10.4. The lowest BCUT2D eigenvalue weighted by atomic mass is 9.71. The third kappa shape index (κ3) is 5.01. The number of piperidine rings is 1. The summed E-state index contributed by atoms with van der Waals surface area (Å²) in [6.45, 7) is 4.29. The minimum Gasteiger partial charge on any atom is -0.384 e. The normalized spacial score (nSPS) is 21.2. The van der Waals surface area contributed by atoms with Gasteiger partial charge in [-0.05, 0) is 73.6 Å². The fraction of sp³-hybridized carbons (Fsp3) is 0.517. The zero-order valence-corrected chi connectivity index (χ0v) is 21.3. The van der Waals surface area contributed by atoms with Crippen LogP contribution in [0.1, 0.15) is 74.1 Å². The maximum Gasteiger partial charge on any atom is 0.250 e. The summed E-state index contributed by atoms with van der Waals surface area (Å²) in [6, 6.07) is 10.1. The van der Waals surface area contributed by atoms with Crippen molar-refractivity contribution in [2.45, 2.75) is 57.8 Å². The van der Waals surface area contributed by atoms with Crippen molar-refractivity contribution in [2.24, 2.45) is 11.8 Å². The van der Waals surface area contributed by atoms with Gasteiger partial charge in [-0.3, -0.25) is 9.89 Å². The van der Waals surface area contributed by atoms with E-state index in [-0.39, 0.29) is 11.8 Å². The highest BCUT2D eigenvalue weighted by atomic mass is 16.5. The molecule has 1 atom stereocenters. The van der Waals surface area contributed by atoms with Crippen LogP contribution in [0.25, 0.3) is 5.57 Å². The Morgan fingerprint density at radius 2 is 1.92 bits per heavy atom.